The molecule has 1 unspecified atom stereocenters. The van der Waals surface area contributed by atoms with Crippen LogP contribution in [0.2, 0.25) is 0 Å². The highest BCUT2D eigenvalue weighted by atomic mass is 19.1. The number of benzene rings is 1. The van der Waals surface area contributed by atoms with Gasteiger partial charge in [0.15, 0.2) is 11.4 Å². The van der Waals surface area contributed by atoms with Gasteiger partial charge in [0.2, 0.25) is 0 Å². The smallest absolute Gasteiger partial charge is 0.344 e. The van der Waals surface area contributed by atoms with Crippen LogP contribution in [0.25, 0.3) is 11.0 Å². The summed E-state index contributed by atoms with van der Waals surface area (Å²) < 4.78 is 21.7. The molecule has 2 aliphatic carbocycles. The molecule has 1 fully saturated rings. The molecule has 2 aromatic heterocycles. The predicted octanol–water partition coefficient (Wildman–Crippen LogP) is 4.94. The molecule has 0 bridgehead atoms. The topological polar surface area (TPSA) is 74.1 Å². The van der Waals surface area contributed by atoms with E-state index in [0.29, 0.717) is 28.1 Å². The maximum atomic E-state index is 14.3. The number of esters is 1. The van der Waals surface area contributed by atoms with Gasteiger partial charge in [0.25, 0.3) is 0 Å². The lowest BCUT2D eigenvalue weighted by molar-refractivity contribution is 0.0734. The lowest BCUT2D eigenvalue weighted by Crippen LogP contribution is -2.13. The molecule has 5 rings (SSSR count). The molecule has 7 heteroatoms. The third-order valence-corrected chi connectivity index (χ3v) is 5.91. The highest BCUT2D eigenvalue weighted by molar-refractivity contribution is 6.07. The first kappa shape index (κ1) is 18.9. The lowest BCUT2D eigenvalue weighted by atomic mass is 10.0. The SMILES string of the molecule is CC1CC(=O)c2c(OC(=O)c3cc(C4CC4)nc4c3cnn4C(C)C)ccc(F)c21. The monoisotopic (exact) mass is 407 g/mol. The summed E-state index contributed by atoms with van der Waals surface area (Å²) in [5.74, 6) is -1.01. The molecule has 0 N–H and O–H groups in total. The van der Waals surface area contributed by atoms with Gasteiger partial charge in [0.1, 0.15) is 11.6 Å². The second kappa shape index (κ2) is 6.72. The summed E-state index contributed by atoms with van der Waals surface area (Å²) in [6.07, 6.45) is 3.92. The number of carbonyl (C=O) groups excluding carboxylic acids is 2. The van der Waals surface area contributed by atoms with Gasteiger partial charge in [-0.15, -0.1) is 0 Å². The van der Waals surface area contributed by atoms with Crippen molar-refractivity contribution < 1.29 is 18.7 Å². The van der Waals surface area contributed by atoms with Crippen LogP contribution in [-0.4, -0.2) is 26.5 Å². The van der Waals surface area contributed by atoms with Crippen molar-refractivity contribution in [3.8, 4) is 5.75 Å². The number of pyridine rings is 1. The van der Waals surface area contributed by atoms with Crippen molar-refractivity contribution in [2.45, 2.75) is 57.9 Å². The molecule has 0 radical (unpaired) electrons. The summed E-state index contributed by atoms with van der Waals surface area (Å²) in [5, 5.41) is 5.01. The zero-order valence-corrected chi connectivity index (χ0v) is 17.1. The molecule has 154 valence electrons. The van der Waals surface area contributed by atoms with Crippen LogP contribution in [0.1, 0.15) is 89.9 Å². The molecule has 0 saturated heterocycles. The van der Waals surface area contributed by atoms with Gasteiger partial charge in [0.05, 0.1) is 22.7 Å². The Kier molecular flexibility index (Phi) is 4.24. The van der Waals surface area contributed by atoms with Crippen LogP contribution in [0.4, 0.5) is 4.39 Å². The number of ether oxygens (including phenoxy) is 1. The summed E-state index contributed by atoms with van der Waals surface area (Å²) in [7, 11) is 0. The Morgan fingerprint density at radius 3 is 2.77 bits per heavy atom. The van der Waals surface area contributed by atoms with Crippen molar-refractivity contribution in [1.29, 1.82) is 0 Å². The first-order valence-electron chi connectivity index (χ1n) is 10.3. The second-order valence-electron chi connectivity index (χ2n) is 8.54. The number of ketones is 1. The molecule has 1 atom stereocenters. The van der Waals surface area contributed by atoms with E-state index in [1.54, 1.807) is 23.9 Å². The van der Waals surface area contributed by atoms with E-state index >= 15 is 0 Å². The van der Waals surface area contributed by atoms with Crippen molar-refractivity contribution in [1.82, 2.24) is 14.8 Å². The lowest BCUT2D eigenvalue weighted by Gasteiger charge is -2.12. The summed E-state index contributed by atoms with van der Waals surface area (Å²) in [5.41, 5.74) is 2.38. The molecule has 6 nitrogen and oxygen atoms in total. The standard InChI is InChI=1S/C23H22FN3O3/c1-11(2)27-22-15(10-25-27)14(9-17(26-22)13-4-5-13)23(29)30-19-7-6-16(24)20-12(3)8-18(28)21(19)20/h6-7,9-13H,4-5,8H2,1-3H3. The number of Topliss-reactive ketones (excluding diaryl/α,β-unsaturated/α-hetero) is 1. The number of nitrogens with zero attached hydrogens (tertiary/aromatic N) is 3. The van der Waals surface area contributed by atoms with Crippen LogP contribution in [0.15, 0.2) is 24.4 Å². The second-order valence-corrected chi connectivity index (χ2v) is 8.54. The van der Waals surface area contributed by atoms with E-state index in [2.05, 4.69) is 5.10 Å². The van der Waals surface area contributed by atoms with Gasteiger partial charge in [0, 0.05) is 29.6 Å². The van der Waals surface area contributed by atoms with E-state index in [-0.39, 0.29) is 35.5 Å². The maximum Gasteiger partial charge on any atom is 0.344 e. The van der Waals surface area contributed by atoms with E-state index in [1.807, 2.05) is 13.8 Å². The number of rotatable bonds is 4. The average molecular weight is 407 g/mol. The van der Waals surface area contributed by atoms with Gasteiger partial charge in [-0.25, -0.2) is 18.9 Å². The number of fused-ring (bicyclic) bond motifs is 2. The molecule has 0 amide bonds. The fourth-order valence-corrected chi connectivity index (χ4v) is 4.24. The summed E-state index contributed by atoms with van der Waals surface area (Å²) >= 11 is 0. The van der Waals surface area contributed by atoms with Crippen molar-refractivity contribution in [2.75, 3.05) is 0 Å². The van der Waals surface area contributed by atoms with Crippen LogP contribution in [0.3, 0.4) is 0 Å². The zero-order valence-electron chi connectivity index (χ0n) is 17.1. The van der Waals surface area contributed by atoms with Gasteiger partial charge in [-0.1, -0.05) is 6.92 Å². The highest BCUT2D eigenvalue weighted by Gasteiger charge is 2.34. The van der Waals surface area contributed by atoms with E-state index in [0.717, 1.165) is 18.5 Å². The minimum Gasteiger partial charge on any atom is -0.422 e. The van der Waals surface area contributed by atoms with Crippen LogP contribution < -0.4 is 4.74 Å². The maximum absolute atomic E-state index is 14.3. The third kappa shape index (κ3) is 2.91. The Hall–Kier alpha value is -3.09. The van der Waals surface area contributed by atoms with Gasteiger partial charge in [-0.05, 0) is 50.8 Å². The fourth-order valence-electron chi connectivity index (χ4n) is 4.24. The normalized spacial score (nSPS) is 18.3. The van der Waals surface area contributed by atoms with Crippen LogP contribution in [0, 0.1) is 5.82 Å². The minimum absolute atomic E-state index is 0.0906. The Morgan fingerprint density at radius 1 is 1.30 bits per heavy atom. The first-order chi connectivity index (χ1) is 14.3. The van der Waals surface area contributed by atoms with Gasteiger partial charge in [-0.3, -0.25) is 4.79 Å². The third-order valence-electron chi connectivity index (χ3n) is 5.91. The number of hydrogen-bond acceptors (Lipinski definition) is 5. The largest absolute Gasteiger partial charge is 0.422 e. The van der Waals surface area contributed by atoms with E-state index in [1.165, 1.54) is 12.1 Å². The number of hydrogen-bond donors (Lipinski definition) is 0. The summed E-state index contributed by atoms with van der Waals surface area (Å²) in [6, 6.07) is 4.47. The summed E-state index contributed by atoms with van der Waals surface area (Å²) in [6.45, 7) is 5.81. The van der Waals surface area contributed by atoms with E-state index < -0.39 is 11.8 Å². The number of halogens is 1. The van der Waals surface area contributed by atoms with Gasteiger partial charge < -0.3 is 4.74 Å². The zero-order chi connectivity index (χ0) is 21.2. The molecule has 1 saturated carbocycles. The molecule has 0 spiro atoms. The molecule has 2 heterocycles. The molecule has 0 aliphatic heterocycles. The Labute approximate surface area is 173 Å². The van der Waals surface area contributed by atoms with Gasteiger partial charge >= 0.3 is 5.97 Å². The van der Waals surface area contributed by atoms with Crippen LogP contribution >= 0.6 is 0 Å². The molecule has 30 heavy (non-hydrogen) atoms. The Balaban J connectivity index is 1.59. The fraction of sp³-hybridized carbons (Fsp3) is 0.391. The minimum atomic E-state index is -0.589. The molecular formula is C23H22FN3O3. The van der Waals surface area contributed by atoms with E-state index in [4.69, 9.17) is 9.72 Å². The van der Waals surface area contributed by atoms with Crippen molar-refractivity contribution >= 4 is 22.8 Å². The quantitative estimate of drug-likeness (QED) is 0.452. The highest BCUT2D eigenvalue weighted by Crippen LogP contribution is 2.42. The van der Waals surface area contributed by atoms with Crippen molar-refractivity contribution in [3.63, 3.8) is 0 Å². The first-order valence-corrected chi connectivity index (χ1v) is 10.3. The molecule has 1 aromatic carbocycles. The van der Waals surface area contributed by atoms with Gasteiger partial charge in [-0.2, -0.15) is 5.10 Å². The molecule has 3 aromatic rings. The molecule has 2 aliphatic rings. The number of carbonyl (C=O) groups is 2. The van der Waals surface area contributed by atoms with Crippen molar-refractivity contribution in [3.05, 3.63) is 52.6 Å². The summed E-state index contributed by atoms with van der Waals surface area (Å²) in [4.78, 5) is 30.4. The van der Waals surface area contributed by atoms with Crippen LogP contribution in [-0.2, 0) is 0 Å². The van der Waals surface area contributed by atoms with E-state index in [9.17, 15) is 14.0 Å². The predicted molar refractivity (Wildman–Crippen MR) is 109 cm³/mol. The number of aromatic nitrogens is 3. The Bertz CT molecular complexity index is 1210. The Morgan fingerprint density at radius 2 is 2.07 bits per heavy atom. The molecular weight excluding hydrogens is 385 g/mol. The van der Waals surface area contributed by atoms with Crippen LogP contribution in [0.5, 0.6) is 5.75 Å². The average Bonchev–Trinajstić information content (AvgIpc) is 3.38. The van der Waals surface area contributed by atoms with Crippen molar-refractivity contribution in [2.24, 2.45) is 0 Å².